The Morgan fingerprint density at radius 2 is 1.78 bits per heavy atom. The first-order chi connectivity index (χ1) is 15.2. The van der Waals surface area contributed by atoms with Crippen LogP contribution in [-0.2, 0) is 16.6 Å². The number of pyridine rings is 1. The lowest BCUT2D eigenvalue weighted by Crippen LogP contribution is -2.12. The maximum atomic E-state index is 12.6. The van der Waals surface area contributed by atoms with Crippen LogP contribution in [-0.4, -0.2) is 30.0 Å². The molecule has 0 aliphatic heterocycles. The monoisotopic (exact) mass is 450 g/mol. The smallest absolute Gasteiger partial charge is 0.255 e. The van der Waals surface area contributed by atoms with Gasteiger partial charge in [-0.2, -0.15) is 0 Å². The van der Waals surface area contributed by atoms with Gasteiger partial charge in [-0.15, -0.1) is 0 Å². The van der Waals surface area contributed by atoms with Gasteiger partial charge in [-0.05, 0) is 61.0 Å². The number of ether oxygens (including phenoxy) is 1. The molecule has 1 amide bonds. The number of benzene rings is 2. The molecule has 0 spiro atoms. The van der Waals surface area contributed by atoms with Crippen LogP contribution in [0.15, 0.2) is 73.1 Å². The van der Waals surface area contributed by atoms with Crippen LogP contribution in [0.3, 0.4) is 0 Å². The van der Waals surface area contributed by atoms with Crippen molar-refractivity contribution in [2.45, 2.75) is 13.5 Å². The number of nitrogens with one attached hydrogen (secondary N) is 2. The molecule has 0 radical (unpaired) electrons. The Bertz CT molecular complexity index is 1380. The fourth-order valence-corrected chi connectivity index (χ4v) is 3.71. The van der Waals surface area contributed by atoms with E-state index in [9.17, 15) is 13.2 Å². The Morgan fingerprint density at radius 1 is 1.03 bits per heavy atom. The zero-order valence-corrected chi connectivity index (χ0v) is 18.4. The third-order valence-corrected chi connectivity index (χ3v) is 5.18. The summed E-state index contributed by atoms with van der Waals surface area (Å²) >= 11 is 0. The van der Waals surface area contributed by atoms with E-state index in [1.807, 2.05) is 35.9 Å². The first-order valence-corrected chi connectivity index (χ1v) is 11.7. The van der Waals surface area contributed by atoms with Crippen LogP contribution in [0.2, 0.25) is 0 Å². The van der Waals surface area contributed by atoms with Crippen molar-refractivity contribution in [3.8, 4) is 5.75 Å². The second-order valence-corrected chi connectivity index (χ2v) is 9.17. The van der Waals surface area contributed by atoms with Gasteiger partial charge in [0, 0.05) is 29.3 Å². The van der Waals surface area contributed by atoms with Crippen LogP contribution >= 0.6 is 0 Å². The zero-order chi connectivity index (χ0) is 22.7. The van der Waals surface area contributed by atoms with Gasteiger partial charge in [0.05, 0.1) is 11.9 Å². The Hall–Kier alpha value is -3.85. The number of hydrogen-bond donors (Lipinski definition) is 2. The molecule has 2 aromatic heterocycles. The highest BCUT2D eigenvalue weighted by Crippen LogP contribution is 2.19. The van der Waals surface area contributed by atoms with Crippen LogP contribution < -0.4 is 14.8 Å². The van der Waals surface area contributed by atoms with E-state index in [0.717, 1.165) is 23.2 Å². The van der Waals surface area contributed by atoms with Gasteiger partial charge >= 0.3 is 0 Å². The van der Waals surface area contributed by atoms with Crippen LogP contribution in [0.1, 0.15) is 21.6 Å². The second-order valence-electron chi connectivity index (χ2n) is 7.43. The molecule has 8 nitrogen and oxygen atoms in total. The number of carbonyl (C=O) groups excluding carboxylic acids is 1. The number of fused-ring (bicyclic) bond motifs is 1. The Balaban J connectivity index is 1.39. The molecular formula is C23H22N4O4S. The number of imidazole rings is 1. The highest BCUT2D eigenvalue weighted by molar-refractivity contribution is 7.92. The summed E-state index contributed by atoms with van der Waals surface area (Å²) in [4.78, 5) is 17.1. The maximum Gasteiger partial charge on any atom is 0.255 e. The van der Waals surface area contributed by atoms with Gasteiger partial charge in [-0.3, -0.25) is 9.52 Å². The summed E-state index contributed by atoms with van der Waals surface area (Å²) < 4.78 is 32.7. The van der Waals surface area contributed by atoms with Crippen molar-refractivity contribution >= 4 is 33.0 Å². The SMILES string of the molecule is Cc1ccc2nc(COc3cccc(C(=O)Nc4ccc(NS(C)(=O)=O)cc4)c3)cn2c1. The quantitative estimate of drug-likeness (QED) is 0.445. The van der Waals surface area contributed by atoms with Crippen LogP contribution in [0, 0.1) is 6.92 Å². The number of anilines is 2. The van der Waals surface area contributed by atoms with Gasteiger partial charge < -0.3 is 14.5 Å². The van der Waals surface area contributed by atoms with E-state index >= 15 is 0 Å². The Labute approximate surface area is 185 Å². The first-order valence-electron chi connectivity index (χ1n) is 9.81. The average molecular weight is 451 g/mol. The number of aryl methyl sites for hydroxylation is 1. The lowest BCUT2D eigenvalue weighted by atomic mass is 10.2. The molecule has 4 rings (SSSR count). The molecule has 0 bridgehead atoms. The number of carbonyl (C=O) groups is 1. The molecule has 0 saturated heterocycles. The zero-order valence-electron chi connectivity index (χ0n) is 17.6. The van der Waals surface area contributed by atoms with Crippen molar-refractivity contribution in [2.75, 3.05) is 16.3 Å². The summed E-state index contributed by atoms with van der Waals surface area (Å²) in [5, 5.41) is 2.78. The molecule has 32 heavy (non-hydrogen) atoms. The van der Waals surface area contributed by atoms with E-state index in [1.165, 1.54) is 0 Å². The van der Waals surface area contributed by atoms with Crippen molar-refractivity contribution in [3.63, 3.8) is 0 Å². The number of sulfonamides is 1. The highest BCUT2D eigenvalue weighted by Gasteiger charge is 2.09. The van der Waals surface area contributed by atoms with Gasteiger partial charge in [0.25, 0.3) is 5.91 Å². The standard InChI is InChI=1S/C23H22N4O4S/c1-16-6-11-22-24-20(14-27(22)13-16)15-31-21-5-3-4-17(12-21)23(28)25-18-7-9-19(10-8-18)26-32(2,29)30/h3-14,26H,15H2,1-2H3,(H,25,28). The molecule has 0 aliphatic carbocycles. The molecule has 0 aliphatic rings. The fraction of sp³-hybridized carbons (Fsp3) is 0.130. The molecule has 164 valence electrons. The molecule has 0 atom stereocenters. The Morgan fingerprint density at radius 3 is 2.53 bits per heavy atom. The van der Waals surface area contributed by atoms with Crippen molar-refractivity contribution in [2.24, 2.45) is 0 Å². The molecule has 2 N–H and O–H groups in total. The second kappa shape index (κ2) is 8.72. The van der Waals surface area contributed by atoms with Crippen molar-refractivity contribution in [3.05, 3.63) is 89.9 Å². The Kier molecular flexibility index (Phi) is 5.83. The molecule has 2 aromatic carbocycles. The van der Waals surface area contributed by atoms with Gasteiger partial charge in [0.2, 0.25) is 10.0 Å². The molecule has 0 unspecified atom stereocenters. The van der Waals surface area contributed by atoms with E-state index in [4.69, 9.17) is 4.74 Å². The van der Waals surface area contributed by atoms with Crippen molar-refractivity contribution in [1.29, 1.82) is 0 Å². The van der Waals surface area contributed by atoms with E-state index in [1.54, 1.807) is 48.5 Å². The third-order valence-electron chi connectivity index (χ3n) is 4.58. The summed E-state index contributed by atoms with van der Waals surface area (Å²) in [6.45, 7) is 2.30. The summed E-state index contributed by atoms with van der Waals surface area (Å²) in [5.41, 5.74) is 4.17. The number of rotatable bonds is 7. The lowest BCUT2D eigenvalue weighted by molar-refractivity contribution is 0.102. The predicted octanol–water partition coefficient (Wildman–Crippen LogP) is 3.85. The lowest BCUT2D eigenvalue weighted by Gasteiger charge is -2.09. The van der Waals surface area contributed by atoms with E-state index < -0.39 is 10.0 Å². The molecule has 9 heteroatoms. The molecule has 0 fully saturated rings. The average Bonchev–Trinajstić information content (AvgIpc) is 3.15. The van der Waals surface area contributed by atoms with Gasteiger partial charge in [0.15, 0.2) is 0 Å². The molecule has 0 saturated carbocycles. The van der Waals surface area contributed by atoms with Crippen LogP contribution in [0.25, 0.3) is 5.65 Å². The normalized spacial score (nSPS) is 11.3. The van der Waals surface area contributed by atoms with E-state index in [-0.39, 0.29) is 12.5 Å². The third kappa shape index (κ3) is 5.44. The molecular weight excluding hydrogens is 428 g/mol. The maximum absolute atomic E-state index is 12.6. The number of hydrogen-bond acceptors (Lipinski definition) is 5. The van der Waals surface area contributed by atoms with Crippen LogP contribution in [0.5, 0.6) is 5.75 Å². The van der Waals surface area contributed by atoms with E-state index in [0.29, 0.717) is 22.7 Å². The van der Waals surface area contributed by atoms with Gasteiger partial charge in [-0.25, -0.2) is 13.4 Å². The minimum absolute atomic E-state index is 0.278. The molecule has 2 heterocycles. The summed E-state index contributed by atoms with van der Waals surface area (Å²) in [7, 11) is -3.35. The molecule has 4 aromatic rings. The largest absolute Gasteiger partial charge is 0.487 e. The predicted molar refractivity (Wildman–Crippen MR) is 124 cm³/mol. The highest BCUT2D eigenvalue weighted by atomic mass is 32.2. The van der Waals surface area contributed by atoms with Crippen molar-refractivity contribution in [1.82, 2.24) is 9.38 Å². The topological polar surface area (TPSA) is 102 Å². The minimum atomic E-state index is -3.35. The fourth-order valence-electron chi connectivity index (χ4n) is 3.15. The summed E-state index contributed by atoms with van der Waals surface area (Å²) in [6, 6.07) is 17.2. The van der Waals surface area contributed by atoms with Gasteiger partial charge in [0.1, 0.15) is 18.0 Å². The van der Waals surface area contributed by atoms with Crippen LogP contribution in [0.4, 0.5) is 11.4 Å². The number of nitrogens with zero attached hydrogens (tertiary/aromatic N) is 2. The number of amides is 1. The number of aromatic nitrogens is 2. The van der Waals surface area contributed by atoms with Crippen molar-refractivity contribution < 1.29 is 17.9 Å². The minimum Gasteiger partial charge on any atom is -0.487 e. The summed E-state index contributed by atoms with van der Waals surface area (Å²) in [6.07, 6.45) is 5.00. The van der Waals surface area contributed by atoms with Gasteiger partial charge in [-0.1, -0.05) is 12.1 Å². The first kappa shape index (κ1) is 21.4. The van der Waals surface area contributed by atoms with E-state index in [2.05, 4.69) is 15.0 Å². The summed E-state index contributed by atoms with van der Waals surface area (Å²) in [5.74, 6) is 0.251.